The minimum atomic E-state index is -1.04. The maximum absolute atomic E-state index is 13.3. The van der Waals surface area contributed by atoms with E-state index in [4.69, 9.17) is 24.7 Å². The van der Waals surface area contributed by atoms with Crippen LogP contribution in [0.25, 0.3) is 0 Å². The second-order valence-corrected chi connectivity index (χ2v) is 12.7. The highest BCUT2D eigenvalue weighted by molar-refractivity contribution is 5.87. The molecule has 1 aromatic carbocycles. The lowest BCUT2D eigenvalue weighted by Crippen LogP contribution is -2.47. The number of ether oxygens (including phenoxy) is 4. The molecule has 246 valence electrons. The molecule has 1 fully saturated rings. The molecule has 45 heavy (non-hydrogen) atoms. The van der Waals surface area contributed by atoms with Crippen molar-refractivity contribution < 1.29 is 38.1 Å². The maximum Gasteiger partial charge on any atom is 0.416 e. The Morgan fingerprint density at radius 1 is 1.00 bits per heavy atom. The third-order valence-corrected chi connectivity index (χ3v) is 6.43. The number of pyridine rings is 1. The third kappa shape index (κ3) is 12.0. The van der Waals surface area contributed by atoms with Crippen molar-refractivity contribution in [3.8, 4) is 0 Å². The first-order chi connectivity index (χ1) is 21.1. The van der Waals surface area contributed by atoms with Gasteiger partial charge in [-0.3, -0.25) is 14.5 Å². The molecule has 0 aliphatic carbocycles. The fraction of sp³-hybridized carbons (Fsp3) is 0.531. The van der Waals surface area contributed by atoms with Crippen LogP contribution in [0.3, 0.4) is 0 Å². The summed E-state index contributed by atoms with van der Waals surface area (Å²) in [4.78, 5) is 58.4. The van der Waals surface area contributed by atoms with Crippen LogP contribution in [0.2, 0.25) is 0 Å². The van der Waals surface area contributed by atoms with Gasteiger partial charge < -0.3 is 34.9 Å². The van der Waals surface area contributed by atoms with Crippen LogP contribution in [-0.2, 0) is 35.1 Å². The Hall–Kier alpha value is -4.23. The number of hydrogen-bond acceptors (Lipinski definition) is 10. The Bertz CT molecular complexity index is 1280. The molecule has 0 bridgehead atoms. The van der Waals surface area contributed by atoms with Gasteiger partial charge in [0, 0.05) is 12.7 Å². The van der Waals surface area contributed by atoms with Gasteiger partial charge in [-0.25, -0.2) is 14.6 Å². The lowest BCUT2D eigenvalue weighted by atomic mass is 10.2. The SMILES string of the molecule is CC(C)(C)OC(=O)C(N)CNC(=O)CO[C@H]1C[C@@H](CN(C(=O)OC(C)(C)C)c2ccccn2)N(C(=O)OCc2ccccc2)C1. The lowest BCUT2D eigenvalue weighted by molar-refractivity contribution is -0.156. The van der Waals surface area contributed by atoms with E-state index in [1.54, 1.807) is 65.9 Å². The van der Waals surface area contributed by atoms with Crippen molar-refractivity contribution in [2.24, 2.45) is 5.73 Å². The number of nitrogens with one attached hydrogen (secondary N) is 1. The van der Waals surface area contributed by atoms with Crippen molar-refractivity contribution in [2.75, 3.05) is 31.1 Å². The molecule has 13 nitrogen and oxygen atoms in total. The summed E-state index contributed by atoms with van der Waals surface area (Å²) in [6.45, 7) is 10.2. The largest absolute Gasteiger partial charge is 0.459 e. The summed E-state index contributed by atoms with van der Waals surface area (Å²) in [5, 5.41) is 2.57. The molecule has 1 aliphatic rings. The summed E-state index contributed by atoms with van der Waals surface area (Å²) in [5.41, 5.74) is 5.20. The molecule has 2 heterocycles. The van der Waals surface area contributed by atoms with Gasteiger partial charge in [-0.05, 0) is 65.7 Å². The fourth-order valence-electron chi connectivity index (χ4n) is 4.43. The summed E-state index contributed by atoms with van der Waals surface area (Å²) in [5.74, 6) is -0.761. The lowest BCUT2D eigenvalue weighted by Gasteiger charge is -2.31. The molecule has 2 aromatic rings. The molecule has 1 unspecified atom stereocenters. The van der Waals surface area contributed by atoms with E-state index in [-0.39, 0.29) is 32.8 Å². The van der Waals surface area contributed by atoms with Crippen LogP contribution in [0.15, 0.2) is 54.7 Å². The number of carbonyl (C=O) groups excluding carboxylic acids is 4. The zero-order valence-corrected chi connectivity index (χ0v) is 26.9. The Balaban J connectivity index is 1.69. The average Bonchev–Trinajstić information content (AvgIpc) is 3.38. The highest BCUT2D eigenvalue weighted by atomic mass is 16.6. The van der Waals surface area contributed by atoms with Crippen LogP contribution in [0.1, 0.15) is 53.5 Å². The molecule has 3 amide bonds. The molecular weight excluding hydrogens is 582 g/mol. The van der Waals surface area contributed by atoms with Gasteiger partial charge in [0.05, 0.1) is 25.2 Å². The fourth-order valence-corrected chi connectivity index (χ4v) is 4.43. The molecule has 13 heteroatoms. The molecule has 3 atom stereocenters. The predicted molar refractivity (Wildman–Crippen MR) is 166 cm³/mol. The maximum atomic E-state index is 13.3. The van der Waals surface area contributed by atoms with E-state index in [0.717, 1.165) is 5.56 Å². The van der Waals surface area contributed by atoms with E-state index >= 15 is 0 Å². The van der Waals surface area contributed by atoms with Crippen molar-refractivity contribution in [2.45, 2.75) is 84.0 Å². The van der Waals surface area contributed by atoms with Gasteiger partial charge in [0.1, 0.15) is 36.3 Å². The molecule has 3 rings (SSSR count). The molecule has 3 N–H and O–H groups in total. The second-order valence-electron chi connectivity index (χ2n) is 12.7. The average molecular weight is 628 g/mol. The number of benzene rings is 1. The van der Waals surface area contributed by atoms with E-state index in [0.29, 0.717) is 12.2 Å². The predicted octanol–water partition coefficient (Wildman–Crippen LogP) is 3.40. The number of anilines is 1. The summed E-state index contributed by atoms with van der Waals surface area (Å²) in [6, 6.07) is 12.8. The molecule has 1 saturated heterocycles. The van der Waals surface area contributed by atoms with Crippen LogP contribution in [0.4, 0.5) is 15.4 Å². The van der Waals surface area contributed by atoms with Gasteiger partial charge >= 0.3 is 18.2 Å². The van der Waals surface area contributed by atoms with Gasteiger partial charge in [0.2, 0.25) is 5.91 Å². The van der Waals surface area contributed by atoms with E-state index < -0.39 is 53.5 Å². The first-order valence-electron chi connectivity index (χ1n) is 14.9. The number of rotatable bonds is 11. The zero-order chi connectivity index (χ0) is 33.2. The van der Waals surface area contributed by atoms with E-state index in [2.05, 4.69) is 10.3 Å². The standard InChI is InChI=1S/C32H45N5O8/c1-31(2,3)44-28(39)25(33)17-35-27(38)21-42-24-16-23(36(19-24)29(40)43-20-22-12-8-7-9-13-22)18-37(26-14-10-11-15-34-26)30(41)45-32(4,5)6/h7-15,23-25H,16-21,33H2,1-6H3,(H,35,38)/t23-,24-,25?/m0/s1. The highest BCUT2D eigenvalue weighted by Crippen LogP contribution is 2.26. The van der Waals surface area contributed by atoms with Crippen LogP contribution >= 0.6 is 0 Å². The second kappa shape index (κ2) is 15.7. The van der Waals surface area contributed by atoms with Gasteiger partial charge in [-0.1, -0.05) is 36.4 Å². The summed E-state index contributed by atoms with van der Waals surface area (Å²) in [6.07, 6.45) is 0.106. The number of amides is 3. The molecule has 1 aliphatic heterocycles. The molecular formula is C32H45N5O8. The van der Waals surface area contributed by atoms with Crippen LogP contribution < -0.4 is 16.0 Å². The number of nitrogens with two attached hydrogens (primary N) is 1. The van der Waals surface area contributed by atoms with Gasteiger partial charge in [0.15, 0.2) is 0 Å². The number of esters is 1. The Labute approximate surface area is 264 Å². The zero-order valence-electron chi connectivity index (χ0n) is 26.9. The van der Waals surface area contributed by atoms with E-state index in [1.165, 1.54) is 9.80 Å². The Kier molecular flexibility index (Phi) is 12.3. The highest BCUT2D eigenvalue weighted by Gasteiger charge is 2.40. The van der Waals surface area contributed by atoms with E-state index in [1.807, 2.05) is 30.3 Å². The monoisotopic (exact) mass is 627 g/mol. The third-order valence-electron chi connectivity index (χ3n) is 6.43. The number of aromatic nitrogens is 1. The minimum absolute atomic E-state index is 0.0448. The van der Waals surface area contributed by atoms with Gasteiger partial charge in [0.25, 0.3) is 0 Å². The van der Waals surface area contributed by atoms with Crippen molar-refractivity contribution in [1.82, 2.24) is 15.2 Å². The topological polar surface area (TPSA) is 163 Å². The number of nitrogens with zero attached hydrogens (tertiary/aromatic N) is 3. The van der Waals surface area contributed by atoms with Crippen LogP contribution in [0.5, 0.6) is 0 Å². The number of likely N-dealkylation sites (tertiary alicyclic amines) is 1. The number of carbonyl (C=O) groups is 4. The minimum Gasteiger partial charge on any atom is -0.459 e. The van der Waals surface area contributed by atoms with Crippen LogP contribution in [-0.4, -0.2) is 89.6 Å². The van der Waals surface area contributed by atoms with Crippen molar-refractivity contribution >= 4 is 29.9 Å². The van der Waals surface area contributed by atoms with Gasteiger partial charge in [-0.15, -0.1) is 0 Å². The molecule has 0 saturated carbocycles. The van der Waals surface area contributed by atoms with Gasteiger partial charge in [-0.2, -0.15) is 0 Å². The first-order valence-corrected chi connectivity index (χ1v) is 14.9. The molecule has 1 aromatic heterocycles. The van der Waals surface area contributed by atoms with Crippen molar-refractivity contribution in [3.05, 3.63) is 60.3 Å². The summed E-state index contributed by atoms with van der Waals surface area (Å²) < 4.78 is 22.4. The quantitative estimate of drug-likeness (QED) is 0.279. The normalized spacial score (nSPS) is 17.3. The Morgan fingerprint density at radius 2 is 1.67 bits per heavy atom. The summed E-state index contributed by atoms with van der Waals surface area (Å²) >= 11 is 0. The first kappa shape index (κ1) is 35.3. The van der Waals surface area contributed by atoms with Crippen molar-refractivity contribution in [1.29, 1.82) is 0 Å². The van der Waals surface area contributed by atoms with E-state index in [9.17, 15) is 19.2 Å². The summed E-state index contributed by atoms with van der Waals surface area (Å²) in [7, 11) is 0. The molecule has 0 spiro atoms. The smallest absolute Gasteiger partial charge is 0.416 e. The molecule has 0 radical (unpaired) electrons. The Morgan fingerprint density at radius 3 is 2.29 bits per heavy atom. The number of hydrogen-bond donors (Lipinski definition) is 2. The van der Waals surface area contributed by atoms with Crippen LogP contribution in [0, 0.1) is 0 Å². The van der Waals surface area contributed by atoms with Crippen molar-refractivity contribution in [3.63, 3.8) is 0 Å².